The van der Waals surface area contributed by atoms with Gasteiger partial charge in [0.25, 0.3) is 5.91 Å². The number of halogens is 1. The van der Waals surface area contributed by atoms with Crippen LogP contribution in [0.3, 0.4) is 0 Å². The number of nitrogens with one attached hydrogen (secondary N) is 2. The molecule has 1 unspecified atom stereocenters. The lowest BCUT2D eigenvalue weighted by atomic mass is 10.1. The molecule has 0 spiro atoms. The van der Waals surface area contributed by atoms with Gasteiger partial charge in [0.15, 0.2) is 0 Å². The summed E-state index contributed by atoms with van der Waals surface area (Å²) in [5.74, 6) is -0.110. The Hall–Kier alpha value is -1.81. The molecule has 0 saturated heterocycles. The minimum atomic E-state index is -0.110. The van der Waals surface area contributed by atoms with Crippen molar-refractivity contribution in [3.8, 4) is 0 Å². The van der Waals surface area contributed by atoms with Crippen LogP contribution >= 0.6 is 11.6 Å². The predicted molar refractivity (Wildman–Crippen MR) is 75.4 cm³/mol. The van der Waals surface area contributed by atoms with Crippen molar-refractivity contribution in [2.24, 2.45) is 0 Å². The van der Waals surface area contributed by atoms with Crippen LogP contribution in [0.4, 0.5) is 0 Å². The van der Waals surface area contributed by atoms with E-state index >= 15 is 0 Å². The highest BCUT2D eigenvalue weighted by molar-refractivity contribution is 6.30. The van der Waals surface area contributed by atoms with Gasteiger partial charge in [0.1, 0.15) is 0 Å². The van der Waals surface area contributed by atoms with Crippen molar-refractivity contribution in [2.45, 2.75) is 26.3 Å². The van der Waals surface area contributed by atoms with Gasteiger partial charge in [-0.1, -0.05) is 23.7 Å². The number of rotatable bonds is 4. The Kier molecular flexibility index (Phi) is 4.22. The highest BCUT2D eigenvalue weighted by Crippen LogP contribution is 2.12. The lowest BCUT2D eigenvalue weighted by molar-refractivity contribution is 0.0939. The van der Waals surface area contributed by atoms with Gasteiger partial charge in [-0.05, 0) is 38.0 Å². The highest BCUT2D eigenvalue weighted by atomic mass is 35.5. The Morgan fingerprint density at radius 2 is 2.32 bits per heavy atom. The summed E-state index contributed by atoms with van der Waals surface area (Å²) < 4.78 is 0. The topological polar surface area (TPSA) is 57.8 Å². The first-order chi connectivity index (χ1) is 9.06. The first-order valence-corrected chi connectivity index (χ1v) is 6.49. The van der Waals surface area contributed by atoms with E-state index in [-0.39, 0.29) is 11.9 Å². The summed E-state index contributed by atoms with van der Waals surface area (Å²) in [6, 6.07) is 7.68. The van der Waals surface area contributed by atoms with E-state index in [1.54, 1.807) is 0 Å². The predicted octanol–water partition coefficient (Wildman–Crippen LogP) is 2.73. The van der Waals surface area contributed by atoms with Gasteiger partial charge in [0.2, 0.25) is 0 Å². The number of aromatic amines is 1. The van der Waals surface area contributed by atoms with Gasteiger partial charge in [-0.3, -0.25) is 9.89 Å². The Labute approximate surface area is 117 Å². The van der Waals surface area contributed by atoms with Crippen molar-refractivity contribution >= 4 is 17.5 Å². The summed E-state index contributed by atoms with van der Waals surface area (Å²) in [7, 11) is 0. The third-order valence-corrected chi connectivity index (χ3v) is 3.12. The van der Waals surface area contributed by atoms with Crippen LogP contribution in [0.2, 0.25) is 5.02 Å². The molecule has 0 bridgehead atoms. The average Bonchev–Trinajstić information content (AvgIpc) is 2.75. The number of carbonyl (C=O) groups is 1. The smallest absolute Gasteiger partial charge is 0.254 e. The van der Waals surface area contributed by atoms with Crippen molar-refractivity contribution in [2.75, 3.05) is 0 Å². The molecule has 100 valence electrons. The molecular formula is C14H16ClN3O. The number of hydrogen-bond donors (Lipinski definition) is 2. The molecule has 1 atom stereocenters. The monoisotopic (exact) mass is 277 g/mol. The Bertz CT molecular complexity index is 580. The third-order valence-electron chi connectivity index (χ3n) is 2.88. The third kappa shape index (κ3) is 3.58. The second-order valence-electron chi connectivity index (χ2n) is 4.62. The van der Waals surface area contributed by atoms with E-state index in [4.69, 9.17) is 11.6 Å². The van der Waals surface area contributed by atoms with Gasteiger partial charge in [-0.2, -0.15) is 5.10 Å². The second kappa shape index (κ2) is 5.89. The second-order valence-corrected chi connectivity index (χ2v) is 5.05. The van der Waals surface area contributed by atoms with Crippen LogP contribution in [0.5, 0.6) is 0 Å². The maximum Gasteiger partial charge on any atom is 0.254 e. The van der Waals surface area contributed by atoms with Crippen LogP contribution in [-0.4, -0.2) is 22.1 Å². The van der Waals surface area contributed by atoms with E-state index in [1.807, 2.05) is 38.1 Å². The molecule has 0 aliphatic rings. The zero-order valence-corrected chi connectivity index (χ0v) is 11.7. The lowest BCUT2D eigenvalue weighted by Gasteiger charge is -2.13. The van der Waals surface area contributed by atoms with Crippen molar-refractivity contribution in [3.05, 3.63) is 52.3 Å². The Morgan fingerprint density at radius 3 is 2.95 bits per heavy atom. The van der Waals surface area contributed by atoms with E-state index in [0.29, 0.717) is 10.6 Å². The van der Waals surface area contributed by atoms with Gasteiger partial charge in [-0.15, -0.1) is 0 Å². The summed E-state index contributed by atoms with van der Waals surface area (Å²) in [6.07, 6.45) is 2.28. The van der Waals surface area contributed by atoms with Crippen molar-refractivity contribution in [3.63, 3.8) is 0 Å². The number of carbonyl (C=O) groups excluding carboxylic acids is 1. The van der Waals surface area contributed by atoms with Crippen LogP contribution in [0.1, 0.15) is 28.5 Å². The number of aryl methyl sites for hydroxylation is 1. The lowest BCUT2D eigenvalue weighted by Crippen LogP contribution is -2.34. The summed E-state index contributed by atoms with van der Waals surface area (Å²) >= 11 is 5.94. The fraction of sp³-hybridized carbons (Fsp3) is 0.286. The molecule has 19 heavy (non-hydrogen) atoms. The first kappa shape index (κ1) is 13.6. The highest BCUT2D eigenvalue weighted by Gasteiger charge is 2.13. The molecule has 2 aromatic rings. The molecule has 1 heterocycles. The maximum atomic E-state index is 12.0. The Morgan fingerprint density at radius 1 is 1.53 bits per heavy atom. The van der Waals surface area contributed by atoms with Gasteiger partial charge in [-0.25, -0.2) is 0 Å². The van der Waals surface area contributed by atoms with Crippen LogP contribution in [0.25, 0.3) is 0 Å². The van der Waals surface area contributed by atoms with E-state index in [9.17, 15) is 4.79 Å². The van der Waals surface area contributed by atoms with Crippen LogP contribution < -0.4 is 5.32 Å². The molecule has 0 aliphatic heterocycles. The zero-order valence-electron chi connectivity index (χ0n) is 10.9. The average molecular weight is 278 g/mol. The van der Waals surface area contributed by atoms with E-state index in [0.717, 1.165) is 17.7 Å². The number of H-pyrrole nitrogens is 1. The number of nitrogens with zero attached hydrogens (tertiary/aromatic N) is 1. The molecule has 2 N–H and O–H groups in total. The number of aromatic nitrogens is 2. The summed E-state index contributed by atoms with van der Waals surface area (Å²) in [6.45, 7) is 3.79. The van der Waals surface area contributed by atoms with Gasteiger partial charge >= 0.3 is 0 Å². The van der Waals surface area contributed by atoms with Gasteiger partial charge < -0.3 is 5.32 Å². The normalized spacial score (nSPS) is 12.2. The number of benzene rings is 1. The molecule has 4 nitrogen and oxygen atoms in total. The molecule has 1 aromatic carbocycles. The molecule has 0 radical (unpaired) electrons. The molecule has 1 aromatic heterocycles. The number of hydrogen-bond acceptors (Lipinski definition) is 2. The zero-order chi connectivity index (χ0) is 13.8. The largest absolute Gasteiger partial charge is 0.349 e. The molecular weight excluding hydrogens is 262 g/mol. The van der Waals surface area contributed by atoms with Gasteiger partial charge in [0, 0.05) is 16.8 Å². The number of amides is 1. The Balaban J connectivity index is 1.96. The van der Waals surface area contributed by atoms with Crippen LogP contribution in [-0.2, 0) is 6.42 Å². The fourth-order valence-electron chi connectivity index (χ4n) is 1.95. The van der Waals surface area contributed by atoms with Crippen molar-refractivity contribution in [1.82, 2.24) is 15.5 Å². The van der Waals surface area contributed by atoms with Gasteiger partial charge in [0.05, 0.1) is 11.8 Å². The van der Waals surface area contributed by atoms with Crippen molar-refractivity contribution < 1.29 is 4.79 Å². The molecule has 0 saturated carbocycles. The summed E-state index contributed by atoms with van der Waals surface area (Å²) in [5, 5.41) is 10.3. The van der Waals surface area contributed by atoms with E-state index < -0.39 is 0 Å². The minimum Gasteiger partial charge on any atom is -0.349 e. The molecule has 1 amide bonds. The summed E-state index contributed by atoms with van der Waals surface area (Å²) in [5.41, 5.74) is 2.45. The SMILES string of the molecule is Cc1[nH]ncc1C(=O)NC(C)Cc1cccc(Cl)c1. The quantitative estimate of drug-likeness (QED) is 0.903. The molecule has 0 aliphatic carbocycles. The van der Waals surface area contributed by atoms with Crippen molar-refractivity contribution in [1.29, 1.82) is 0 Å². The minimum absolute atomic E-state index is 0.0280. The van der Waals surface area contributed by atoms with Crippen LogP contribution in [0, 0.1) is 6.92 Å². The van der Waals surface area contributed by atoms with E-state index in [2.05, 4.69) is 15.5 Å². The maximum absolute atomic E-state index is 12.0. The van der Waals surface area contributed by atoms with E-state index in [1.165, 1.54) is 6.20 Å². The molecule has 0 fully saturated rings. The standard InChI is InChI=1S/C14H16ClN3O/c1-9(6-11-4-3-5-12(15)7-11)17-14(19)13-8-16-18-10(13)2/h3-5,7-9H,6H2,1-2H3,(H,16,18)(H,17,19). The first-order valence-electron chi connectivity index (χ1n) is 6.11. The molecule has 5 heteroatoms. The van der Waals surface area contributed by atoms with Crippen LogP contribution in [0.15, 0.2) is 30.5 Å². The summed E-state index contributed by atoms with van der Waals surface area (Å²) in [4.78, 5) is 12.0. The fourth-order valence-corrected chi connectivity index (χ4v) is 2.16. The molecule has 2 rings (SSSR count).